The Balaban J connectivity index is 1.81. The molecular weight excluding hydrogens is 352 g/mol. The number of rotatable bonds is 4. The van der Waals surface area contributed by atoms with Crippen molar-refractivity contribution in [3.05, 3.63) is 22.7 Å². The highest BCUT2D eigenvalue weighted by atomic mass is 35.5. The molecule has 0 radical (unpaired) electrons. The lowest BCUT2D eigenvalue weighted by Crippen LogP contribution is -2.50. The number of ether oxygens (including phenoxy) is 1. The lowest BCUT2D eigenvalue weighted by atomic mass is 10.2. The van der Waals surface area contributed by atoms with E-state index in [4.69, 9.17) is 16.3 Å². The molecular formula is C16H21ClN2O4S. The molecule has 2 fully saturated rings. The summed E-state index contributed by atoms with van der Waals surface area (Å²) in [7, 11) is -2.27. The molecule has 0 spiro atoms. The molecule has 1 aliphatic carbocycles. The van der Waals surface area contributed by atoms with Crippen molar-refractivity contribution < 1.29 is 17.9 Å². The van der Waals surface area contributed by atoms with Gasteiger partial charge in [-0.05, 0) is 37.5 Å². The second-order valence-electron chi connectivity index (χ2n) is 6.26. The average Bonchev–Trinajstić information content (AvgIpc) is 3.38. The van der Waals surface area contributed by atoms with Crippen molar-refractivity contribution in [2.24, 2.45) is 5.92 Å². The van der Waals surface area contributed by atoms with Crippen molar-refractivity contribution in [1.82, 2.24) is 9.21 Å². The van der Waals surface area contributed by atoms with E-state index in [1.165, 1.54) is 17.5 Å². The minimum Gasteiger partial charge on any atom is -0.495 e. The van der Waals surface area contributed by atoms with E-state index in [9.17, 15) is 13.2 Å². The summed E-state index contributed by atoms with van der Waals surface area (Å²) in [5.74, 6) is 0.628. The molecule has 132 valence electrons. The number of methoxy groups -OCH3 is 1. The van der Waals surface area contributed by atoms with Gasteiger partial charge in [0, 0.05) is 37.1 Å². The number of halogens is 1. The van der Waals surface area contributed by atoms with Crippen LogP contribution in [-0.4, -0.2) is 56.8 Å². The standard InChI is InChI=1S/C16H21ClN2O4S/c1-11-9-13(17)10-14(15(11)23-2)24(21,22)19-7-5-18(6-8-19)16(20)12-3-4-12/h9-10,12H,3-8H2,1-2H3. The van der Waals surface area contributed by atoms with Crippen LogP contribution in [0.2, 0.25) is 5.02 Å². The fourth-order valence-corrected chi connectivity index (χ4v) is 5.04. The first-order valence-corrected chi connectivity index (χ1v) is 9.79. The Morgan fingerprint density at radius 1 is 1.21 bits per heavy atom. The van der Waals surface area contributed by atoms with Crippen LogP contribution in [0.5, 0.6) is 5.75 Å². The highest BCUT2D eigenvalue weighted by Crippen LogP contribution is 2.34. The number of sulfonamides is 1. The smallest absolute Gasteiger partial charge is 0.246 e. The first-order valence-electron chi connectivity index (χ1n) is 7.97. The van der Waals surface area contributed by atoms with Crippen molar-refractivity contribution in [3.63, 3.8) is 0 Å². The highest BCUT2D eigenvalue weighted by Gasteiger charge is 2.37. The molecule has 0 atom stereocenters. The van der Waals surface area contributed by atoms with Gasteiger partial charge < -0.3 is 9.64 Å². The molecule has 0 bridgehead atoms. The van der Waals surface area contributed by atoms with Gasteiger partial charge in [-0.25, -0.2) is 8.42 Å². The number of nitrogens with zero attached hydrogens (tertiary/aromatic N) is 2. The maximum atomic E-state index is 13.0. The summed E-state index contributed by atoms with van der Waals surface area (Å²) in [5.41, 5.74) is 0.672. The molecule has 1 amide bonds. The maximum Gasteiger partial charge on any atom is 0.246 e. The Labute approximate surface area is 147 Å². The zero-order chi connectivity index (χ0) is 17.5. The van der Waals surface area contributed by atoms with Crippen molar-refractivity contribution in [3.8, 4) is 5.75 Å². The summed E-state index contributed by atoms with van der Waals surface area (Å²) in [4.78, 5) is 13.9. The van der Waals surface area contributed by atoms with Crippen LogP contribution in [0.4, 0.5) is 0 Å². The number of hydrogen-bond donors (Lipinski definition) is 0. The molecule has 1 aliphatic heterocycles. The molecule has 3 rings (SSSR count). The molecule has 1 saturated carbocycles. The lowest BCUT2D eigenvalue weighted by Gasteiger charge is -2.34. The summed E-state index contributed by atoms with van der Waals surface area (Å²) in [5, 5.41) is 0.356. The van der Waals surface area contributed by atoms with E-state index in [1.54, 1.807) is 17.9 Å². The van der Waals surface area contributed by atoms with Crippen LogP contribution >= 0.6 is 11.6 Å². The van der Waals surface area contributed by atoms with Gasteiger partial charge in [-0.3, -0.25) is 4.79 Å². The first kappa shape index (κ1) is 17.5. The zero-order valence-corrected chi connectivity index (χ0v) is 15.4. The van der Waals surface area contributed by atoms with E-state index in [1.807, 2.05) is 0 Å². The van der Waals surface area contributed by atoms with Gasteiger partial charge in [-0.1, -0.05) is 11.6 Å². The molecule has 0 N–H and O–H groups in total. The quantitative estimate of drug-likeness (QED) is 0.809. The van der Waals surface area contributed by atoms with Gasteiger partial charge in [0.2, 0.25) is 15.9 Å². The van der Waals surface area contributed by atoms with Crippen LogP contribution in [-0.2, 0) is 14.8 Å². The second-order valence-corrected chi connectivity index (χ2v) is 8.60. The van der Waals surface area contributed by atoms with Crippen molar-refractivity contribution >= 4 is 27.5 Å². The van der Waals surface area contributed by atoms with Gasteiger partial charge in [0.05, 0.1) is 7.11 Å². The monoisotopic (exact) mass is 372 g/mol. The fraction of sp³-hybridized carbons (Fsp3) is 0.562. The van der Waals surface area contributed by atoms with E-state index in [0.717, 1.165) is 12.8 Å². The molecule has 1 heterocycles. The number of hydrogen-bond acceptors (Lipinski definition) is 4. The summed E-state index contributed by atoms with van der Waals surface area (Å²) in [6, 6.07) is 3.09. The van der Waals surface area contributed by atoms with Crippen LogP contribution in [0.3, 0.4) is 0 Å². The molecule has 1 saturated heterocycles. The number of benzene rings is 1. The number of amides is 1. The predicted molar refractivity (Wildman–Crippen MR) is 90.8 cm³/mol. The third-order valence-electron chi connectivity index (χ3n) is 4.50. The average molecular weight is 373 g/mol. The van der Waals surface area contributed by atoms with Gasteiger partial charge in [-0.2, -0.15) is 4.31 Å². The summed E-state index contributed by atoms with van der Waals surface area (Å²) in [6.07, 6.45) is 1.91. The minimum atomic E-state index is -3.72. The second kappa shape index (κ2) is 6.54. The minimum absolute atomic E-state index is 0.0805. The molecule has 1 aromatic rings. The summed E-state index contributed by atoms with van der Waals surface area (Å²) in [6.45, 7) is 3.19. The lowest BCUT2D eigenvalue weighted by molar-refractivity contribution is -0.133. The van der Waals surface area contributed by atoms with Gasteiger partial charge in [0.1, 0.15) is 10.6 Å². The molecule has 8 heteroatoms. The predicted octanol–water partition coefficient (Wildman–Crippen LogP) is 1.90. The van der Waals surface area contributed by atoms with E-state index in [0.29, 0.717) is 29.4 Å². The Hall–Kier alpha value is -1.31. The molecule has 6 nitrogen and oxygen atoms in total. The van der Waals surface area contributed by atoms with Crippen LogP contribution in [0.25, 0.3) is 0 Å². The largest absolute Gasteiger partial charge is 0.495 e. The van der Waals surface area contributed by atoms with Gasteiger partial charge >= 0.3 is 0 Å². The number of piperazine rings is 1. The Kier molecular flexibility index (Phi) is 4.77. The third-order valence-corrected chi connectivity index (χ3v) is 6.63. The van der Waals surface area contributed by atoms with Crippen LogP contribution < -0.4 is 4.74 Å². The number of carbonyl (C=O) groups excluding carboxylic acids is 1. The van der Waals surface area contributed by atoms with Gasteiger partial charge in [0.15, 0.2) is 0 Å². The maximum absolute atomic E-state index is 13.0. The topological polar surface area (TPSA) is 66.9 Å². The van der Waals surface area contributed by atoms with Crippen molar-refractivity contribution in [1.29, 1.82) is 0 Å². The fourth-order valence-electron chi connectivity index (χ4n) is 3.03. The Morgan fingerprint density at radius 3 is 2.38 bits per heavy atom. The van der Waals surface area contributed by atoms with E-state index < -0.39 is 10.0 Å². The van der Waals surface area contributed by atoms with Gasteiger partial charge in [-0.15, -0.1) is 0 Å². The van der Waals surface area contributed by atoms with E-state index >= 15 is 0 Å². The normalized spacial score (nSPS) is 19.4. The Bertz CT molecular complexity index is 754. The number of carbonyl (C=O) groups is 1. The number of aryl methyl sites for hydroxylation is 1. The molecule has 0 unspecified atom stereocenters. The SMILES string of the molecule is COc1c(C)cc(Cl)cc1S(=O)(=O)N1CCN(C(=O)C2CC2)CC1. The van der Waals surface area contributed by atoms with Crippen molar-refractivity contribution in [2.75, 3.05) is 33.3 Å². The zero-order valence-electron chi connectivity index (χ0n) is 13.8. The molecule has 2 aliphatic rings. The highest BCUT2D eigenvalue weighted by molar-refractivity contribution is 7.89. The van der Waals surface area contributed by atoms with Crippen molar-refractivity contribution in [2.45, 2.75) is 24.7 Å². The van der Waals surface area contributed by atoms with Crippen LogP contribution in [0.1, 0.15) is 18.4 Å². The molecule has 0 aromatic heterocycles. The van der Waals surface area contributed by atoms with E-state index in [2.05, 4.69) is 0 Å². The third kappa shape index (κ3) is 3.25. The van der Waals surface area contributed by atoms with Crippen LogP contribution in [0.15, 0.2) is 17.0 Å². The molecule has 24 heavy (non-hydrogen) atoms. The Morgan fingerprint density at radius 2 is 1.83 bits per heavy atom. The van der Waals surface area contributed by atoms with Crippen LogP contribution in [0, 0.1) is 12.8 Å². The molecule has 1 aromatic carbocycles. The summed E-state index contributed by atoms with van der Waals surface area (Å²) >= 11 is 6.04. The van der Waals surface area contributed by atoms with Gasteiger partial charge in [0.25, 0.3) is 0 Å². The first-order chi connectivity index (χ1) is 11.3. The van der Waals surface area contributed by atoms with E-state index in [-0.39, 0.29) is 29.8 Å². The summed E-state index contributed by atoms with van der Waals surface area (Å²) < 4.78 is 32.6.